The molecule has 1 unspecified atom stereocenters. The number of thiophene rings is 1. The van der Waals surface area contributed by atoms with Crippen LogP contribution in [-0.4, -0.2) is 36.8 Å². The quantitative estimate of drug-likeness (QED) is 0.327. The van der Waals surface area contributed by atoms with Crippen LogP contribution < -0.4 is 10.6 Å². The van der Waals surface area contributed by atoms with Gasteiger partial charge in [0, 0.05) is 23.1 Å². The van der Waals surface area contributed by atoms with E-state index in [-0.39, 0.29) is 23.2 Å². The Morgan fingerprint density at radius 2 is 2.07 bits per heavy atom. The molecule has 1 aromatic heterocycles. The van der Waals surface area contributed by atoms with Crippen molar-refractivity contribution in [2.75, 3.05) is 11.5 Å². The Morgan fingerprint density at radius 3 is 2.67 bits per heavy atom. The summed E-state index contributed by atoms with van der Waals surface area (Å²) in [5.41, 5.74) is 0.866. The molecule has 2 aromatic rings. The van der Waals surface area contributed by atoms with Crippen molar-refractivity contribution in [3.8, 4) is 0 Å². The van der Waals surface area contributed by atoms with Gasteiger partial charge in [-0.15, -0.1) is 11.3 Å². The third-order valence-electron chi connectivity index (χ3n) is 4.15. The van der Waals surface area contributed by atoms with Gasteiger partial charge in [0.2, 0.25) is 0 Å². The number of sulfone groups is 1. The summed E-state index contributed by atoms with van der Waals surface area (Å²) < 4.78 is 23.4. The molecule has 10 heteroatoms. The zero-order chi connectivity index (χ0) is 19.3. The van der Waals surface area contributed by atoms with Crippen molar-refractivity contribution in [1.29, 1.82) is 0 Å². The molecule has 0 aliphatic carbocycles. The molecular weight excluding hydrogens is 388 g/mol. The molecule has 1 saturated heterocycles. The SMILES string of the molecule is O=[N+]([O-])c1ccc(CN=C(NCc2cccs2)NC2CCS(=O)(=O)C2)cc1. The van der Waals surface area contributed by atoms with Gasteiger partial charge in [-0.3, -0.25) is 10.1 Å². The normalized spacial score (nSPS) is 19.0. The van der Waals surface area contributed by atoms with Crippen LogP contribution in [0.1, 0.15) is 16.9 Å². The first-order valence-electron chi connectivity index (χ1n) is 8.42. The van der Waals surface area contributed by atoms with E-state index in [1.54, 1.807) is 23.5 Å². The van der Waals surface area contributed by atoms with Gasteiger partial charge in [-0.05, 0) is 23.4 Å². The molecular formula is C17H20N4O4S2. The topological polar surface area (TPSA) is 114 Å². The fourth-order valence-electron chi connectivity index (χ4n) is 2.73. The molecule has 1 fully saturated rings. The van der Waals surface area contributed by atoms with E-state index in [1.165, 1.54) is 12.1 Å². The predicted molar refractivity (Wildman–Crippen MR) is 106 cm³/mol. The van der Waals surface area contributed by atoms with Crippen molar-refractivity contribution in [2.45, 2.75) is 25.6 Å². The van der Waals surface area contributed by atoms with Crippen LogP contribution in [0.3, 0.4) is 0 Å². The third kappa shape index (κ3) is 5.76. The fraction of sp³-hybridized carbons (Fsp3) is 0.353. The van der Waals surface area contributed by atoms with Gasteiger partial charge in [-0.25, -0.2) is 13.4 Å². The number of hydrogen-bond acceptors (Lipinski definition) is 6. The molecule has 0 amide bonds. The van der Waals surface area contributed by atoms with Gasteiger partial charge in [-0.1, -0.05) is 18.2 Å². The monoisotopic (exact) mass is 408 g/mol. The van der Waals surface area contributed by atoms with E-state index in [2.05, 4.69) is 15.6 Å². The predicted octanol–water partition coefficient (Wildman–Crippen LogP) is 2.08. The number of nitro benzene ring substituents is 1. The van der Waals surface area contributed by atoms with Crippen molar-refractivity contribution in [3.05, 3.63) is 62.3 Å². The van der Waals surface area contributed by atoms with Gasteiger partial charge >= 0.3 is 0 Å². The smallest absolute Gasteiger partial charge is 0.269 e. The first kappa shape index (κ1) is 19.3. The number of rotatable bonds is 6. The summed E-state index contributed by atoms with van der Waals surface area (Å²) in [6, 6.07) is 10.0. The Hall–Kier alpha value is -2.46. The van der Waals surface area contributed by atoms with E-state index in [4.69, 9.17) is 0 Å². The Bertz CT molecular complexity index is 909. The number of aliphatic imine (C=N–C) groups is 1. The Balaban J connectivity index is 1.67. The van der Waals surface area contributed by atoms with Crippen LogP contribution in [0.2, 0.25) is 0 Å². The van der Waals surface area contributed by atoms with Gasteiger partial charge in [0.15, 0.2) is 15.8 Å². The van der Waals surface area contributed by atoms with Crippen LogP contribution >= 0.6 is 11.3 Å². The van der Waals surface area contributed by atoms with Crippen LogP contribution in [0.4, 0.5) is 5.69 Å². The summed E-state index contributed by atoms with van der Waals surface area (Å²) in [6.45, 7) is 0.917. The molecule has 2 heterocycles. The first-order chi connectivity index (χ1) is 12.9. The zero-order valence-electron chi connectivity index (χ0n) is 14.5. The highest BCUT2D eigenvalue weighted by molar-refractivity contribution is 7.91. The lowest BCUT2D eigenvalue weighted by Gasteiger charge is -2.16. The first-order valence-corrected chi connectivity index (χ1v) is 11.1. The minimum Gasteiger partial charge on any atom is -0.353 e. The molecule has 1 aromatic carbocycles. The minimum atomic E-state index is -2.99. The molecule has 1 aliphatic rings. The van der Waals surface area contributed by atoms with Gasteiger partial charge in [0.05, 0.1) is 29.5 Å². The van der Waals surface area contributed by atoms with E-state index in [0.29, 0.717) is 25.5 Å². The molecule has 0 saturated carbocycles. The molecule has 0 bridgehead atoms. The molecule has 1 atom stereocenters. The van der Waals surface area contributed by atoms with Gasteiger partial charge in [0.1, 0.15) is 0 Å². The van der Waals surface area contributed by atoms with Crippen molar-refractivity contribution < 1.29 is 13.3 Å². The van der Waals surface area contributed by atoms with Crippen LogP contribution in [0.5, 0.6) is 0 Å². The summed E-state index contributed by atoms with van der Waals surface area (Å²) in [4.78, 5) is 15.9. The van der Waals surface area contributed by atoms with E-state index in [9.17, 15) is 18.5 Å². The Labute approximate surface area is 161 Å². The standard InChI is InChI=1S/C17H20N4O4S2/c22-21(23)15-5-3-13(4-6-15)10-18-17(19-11-16-2-1-8-26-16)20-14-7-9-27(24,25)12-14/h1-6,8,14H,7,9-12H2,(H2,18,19,20). The van der Waals surface area contributed by atoms with E-state index in [1.807, 2.05) is 17.5 Å². The van der Waals surface area contributed by atoms with E-state index in [0.717, 1.165) is 10.4 Å². The van der Waals surface area contributed by atoms with Crippen LogP contribution in [0.25, 0.3) is 0 Å². The van der Waals surface area contributed by atoms with Crippen molar-refractivity contribution >= 4 is 32.8 Å². The summed E-state index contributed by atoms with van der Waals surface area (Å²) in [5, 5.41) is 19.1. The molecule has 1 aliphatic heterocycles. The molecule has 144 valence electrons. The molecule has 0 radical (unpaired) electrons. The average molecular weight is 409 g/mol. The fourth-order valence-corrected chi connectivity index (χ4v) is 5.05. The van der Waals surface area contributed by atoms with Crippen molar-refractivity contribution in [2.24, 2.45) is 4.99 Å². The number of nitrogens with one attached hydrogen (secondary N) is 2. The van der Waals surface area contributed by atoms with Crippen molar-refractivity contribution in [1.82, 2.24) is 10.6 Å². The Kier molecular flexibility index (Phi) is 6.07. The number of benzene rings is 1. The van der Waals surface area contributed by atoms with Crippen LogP contribution in [0, 0.1) is 10.1 Å². The highest BCUT2D eigenvalue weighted by atomic mass is 32.2. The lowest BCUT2D eigenvalue weighted by Crippen LogP contribution is -2.43. The number of guanidine groups is 1. The van der Waals surface area contributed by atoms with Crippen LogP contribution in [0.15, 0.2) is 46.8 Å². The number of nitro groups is 1. The molecule has 0 spiro atoms. The number of hydrogen-bond donors (Lipinski definition) is 2. The maximum atomic E-state index is 11.7. The summed E-state index contributed by atoms with van der Waals surface area (Å²) in [5.74, 6) is 0.819. The molecule has 8 nitrogen and oxygen atoms in total. The highest BCUT2D eigenvalue weighted by Crippen LogP contribution is 2.14. The second-order valence-corrected chi connectivity index (χ2v) is 9.53. The maximum absolute atomic E-state index is 11.7. The van der Waals surface area contributed by atoms with E-state index >= 15 is 0 Å². The second-order valence-electron chi connectivity index (χ2n) is 6.27. The Morgan fingerprint density at radius 1 is 1.30 bits per heavy atom. The van der Waals surface area contributed by atoms with Gasteiger partial charge < -0.3 is 10.6 Å². The summed E-state index contributed by atoms with van der Waals surface area (Å²) >= 11 is 1.62. The zero-order valence-corrected chi connectivity index (χ0v) is 16.1. The third-order valence-corrected chi connectivity index (χ3v) is 6.79. The van der Waals surface area contributed by atoms with Crippen LogP contribution in [-0.2, 0) is 22.9 Å². The van der Waals surface area contributed by atoms with Gasteiger partial charge in [0.25, 0.3) is 5.69 Å². The number of nitrogens with zero attached hydrogens (tertiary/aromatic N) is 2. The average Bonchev–Trinajstić information content (AvgIpc) is 3.27. The summed E-state index contributed by atoms with van der Waals surface area (Å²) in [7, 11) is -2.99. The largest absolute Gasteiger partial charge is 0.353 e. The lowest BCUT2D eigenvalue weighted by atomic mass is 10.2. The van der Waals surface area contributed by atoms with E-state index < -0.39 is 14.8 Å². The second kappa shape index (κ2) is 8.49. The van der Waals surface area contributed by atoms with Gasteiger partial charge in [-0.2, -0.15) is 0 Å². The maximum Gasteiger partial charge on any atom is 0.269 e. The lowest BCUT2D eigenvalue weighted by molar-refractivity contribution is -0.384. The molecule has 2 N–H and O–H groups in total. The molecule has 27 heavy (non-hydrogen) atoms. The number of non-ortho nitro benzene ring substituents is 1. The molecule has 3 rings (SSSR count). The van der Waals surface area contributed by atoms with Crippen molar-refractivity contribution in [3.63, 3.8) is 0 Å². The minimum absolute atomic E-state index is 0.0352. The summed E-state index contributed by atoms with van der Waals surface area (Å²) in [6.07, 6.45) is 0.555. The highest BCUT2D eigenvalue weighted by Gasteiger charge is 2.28.